The molecule has 0 heterocycles. The number of aliphatic carboxylic acids is 1. The predicted octanol–water partition coefficient (Wildman–Crippen LogP) is -1.08. The Kier molecular flexibility index (Phi) is 8.28. The van der Waals surface area contributed by atoms with Crippen LogP contribution in [0.2, 0.25) is 0 Å². The van der Waals surface area contributed by atoms with Gasteiger partial charge >= 0.3 is 5.97 Å². The van der Waals surface area contributed by atoms with E-state index < -0.39 is 28.4 Å². The van der Waals surface area contributed by atoms with Crippen LogP contribution < -0.4 is 10.0 Å². The summed E-state index contributed by atoms with van der Waals surface area (Å²) in [6.07, 6.45) is -0.268. The lowest BCUT2D eigenvalue weighted by molar-refractivity contribution is -0.136. The maximum absolute atomic E-state index is 11.4. The van der Waals surface area contributed by atoms with Gasteiger partial charge in [-0.2, -0.15) is 0 Å². The second-order valence-corrected chi connectivity index (χ2v) is 5.98. The maximum Gasteiger partial charge on any atom is 0.305 e. The maximum atomic E-state index is 11.4. The van der Waals surface area contributed by atoms with Gasteiger partial charge in [0.05, 0.1) is 31.4 Å². The summed E-state index contributed by atoms with van der Waals surface area (Å²) in [7, 11) is -3.57. The number of ether oxygens (including phenoxy) is 1. The third kappa shape index (κ3) is 11.6. The van der Waals surface area contributed by atoms with E-state index in [-0.39, 0.29) is 31.4 Å². The lowest BCUT2D eigenvalue weighted by atomic mass is 10.4. The highest BCUT2D eigenvalue weighted by atomic mass is 32.2. The number of carboxylic acid groups (broad SMARTS) is 1. The van der Waals surface area contributed by atoms with Gasteiger partial charge in [-0.3, -0.25) is 9.59 Å². The van der Waals surface area contributed by atoms with Gasteiger partial charge in [-0.1, -0.05) is 0 Å². The van der Waals surface area contributed by atoms with Gasteiger partial charge in [0, 0.05) is 6.54 Å². The molecule has 0 rings (SSSR count). The van der Waals surface area contributed by atoms with Gasteiger partial charge in [0.2, 0.25) is 15.9 Å². The van der Waals surface area contributed by atoms with Gasteiger partial charge in [0.25, 0.3) is 0 Å². The molecule has 0 aliphatic heterocycles. The number of sulfonamides is 1. The summed E-state index contributed by atoms with van der Waals surface area (Å²) < 4.78 is 30.1. The van der Waals surface area contributed by atoms with Crippen LogP contribution in [-0.2, 0) is 24.3 Å². The van der Waals surface area contributed by atoms with Crippen molar-refractivity contribution in [3.05, 3.63) is 0 Å². The molecule has 9 heteroatoms. The Morgan fingerprint density at radius 1 is 1.32 bits per heavy atom. The molecule has 19 heavy (non-hydrogen) atoms. The topological polar surface area (TPSA) is 122 Å². The first-order valence-corrected chi connectivity index (χ1v) is 7.45. The summed E-state index contributed by atoms with van der Waals surface area (Å²) in [5, 5.41) is 10.6. The highest BCUT2D eigenvalue weighted by Crippen LogP contribution is 1.90. The van der Waals surface area contributed by atoms with Gasteiger partial charge in [0.1, 0.15) is 0 Å². The van der Waals surface area contributed by atoms with Crippen molar-refractivity contribution in [2.24, 2.45) is 0 Å². The predicted molar refractivity (Wildman–Crippen MR) is 68.1 cm³/mol. The Labute approximate surface area is 112 Å². The van der Waals surface area contributed by atoms with E-state index in [0.29, 0.717) is 0 Å². The van der Waals surface area contributed by atoms with E-state index in [1.165, 1.54) is 0 Å². The molecule has 0 fully saturated rings. The van der Waals surface area contributed by atoms with Crippen molar-refractivity contribution in [2.75, 3.05) is 25.4 Å². The largest absolute Gasteiger partial charge is 0.481 e. The van der Waals surface area contributed by atoms with Crippen LogP contribution in [-0.4, -0.2) is 57.0 Å². The first kappa shape index (κ1) is 17.8. The lowest BCUT2D eigenvalue weighted by Gasteiger charge is -2.09. The van der Waals surface area contributed by atoms with Crippen molar-refractivity contribution in [3.63, 3.8) is 0 Å². The van der Waals surface area contributed by atoms with E-state index in [9.17, 15) is 18.0 Å². The number of carboxylic acids is 1. The van der Waals surface area contributed by atoms with Gasteiger partial charge in [0.15, 0.2) is 0 Å². The fourth-order valence-corrected chi connectivity index (χ4v) is 1.82. The Hall–Kier alpha value is -1.19. The standard InChI is InChI=1S/C10H20N2O6S/c1-8(2)18-5-6-19(16,17)12-7-9(13)11-4-3-10(14)15/h8,12H,3-7H2,1-2H3,(H,11,13)(H,14,15). The average molecular weight is 296 g/mol. The number of nitrogens with one attached hydrogen (secondary N) is 2. The molecule has 0 bridgehead atoms. The lowest BCUT2D eigenvalue weighted by Crippen LogP contribution is -2.39. The van der Waals surface area contributed by atoms with Crippen molar-refractivity contribution < 1.29 is 27.9 Å². The van der Waals surface area contributed by atoms with E-state index in [0.717, 1.165) is 0 Å². The molecule has 0 saturated heterocycles. The molecule has 0 atom stereocenters. The fraction of sp³-hybridized carbons (Fsp3) is 0.800. The first-order valence-electron chi connectivity index (χ1n) is 5.80. The number of hydrogen-bond acceptors (Lipinski definition) is 5. The molecule has 8 nitrogen and oxygen atoms in total. The summed E-state index contributed by atoms with van der Waals surface area (Å²) >= 11 is 0. The van der Waals surface area contributed by atoms with Crippen LogP contribution in [0.15, 0.2) is 0 Å². The van der Waals surface area contributed by atoms with E-state index in [2.05, 4.69) is 10.0 Å². The molecule has 0 spiro atoms. The number of hydrogen-bond donors (Lipinski definition) is 3. The van der Waals surface area contributed by atoms with E-state index >= 15 is 0 Å². The van der Waals surface area contributed by atoms with Gasteiger partial charge in [-0.05, 0) is 13.8 Å². The zero-order valence-corrected chi connectivity index (χ0v) is 11.8. The Morgan fingerprint density at radius 2 is 1.95 bits per heavy atom. The zero-order chi connectivity index (χ0) is 14.9. The highest BCUT2D eigenvalue weighted by molar-refractivity contribution is 7.89. The van der Waals surface area contributed by atoms with Crippen LogP contribution in [0.25, 0.3) is 0 Å². The highest BCUT2D eigenvalue weighted by Gasteiger charge is 2.12. The monoisotopic (exact) mass is 296 g/mol. The quantitative estimate of drug-likeness (QED) is 0.471. The molecule has 0 aromatic heterocycles. The molecule has 3 N–H and O–H groups in total. The fourth-order valence-electron chi connectivity index (χ4n) is 1.01. The third-order valence-corrected chi connectivity index (χ3v) is 3.21. The minimum atomic E-state index is -3.57. The van der Waals surface area contributed by atoms with E-state index in [1.54, 1.807) is 13.8 Å². The van der Waals surface area contributed by atoms with Crippen LogP contribution in [0.4, 0.5) is 0 Å². The molecule has 0 unspecified atom stereocenters. The Bertz CT molecular complexity index is 393. The average Bonchev–Trinajstić information content (AvgIpc) is 2.25. The van der Waals surface area contributed by atoms with E-state index in [1.807, 2.05) is 0 Å². The molecule has 0 aliphatic carbocycles. The Balaban J connectivity index is 3.83. The normalized spacial score (nSPS) is 11.5. The smallest absolute Gasteiger partial charge is 0.305 e. The zero-order valence-electron chi connectivity index (χ0n) is 11.0. The van der Waals surface area contributed by atoms with Gasteiger partial charge in [-0.25, -0.2) is 13.1 Å². The van der Waals surface area contributed by atoms with E-state index in [4.69, 9.17) is 9.84 Å². The number of carbonyl (C=O) groups excluding carboxylic acids is 1. The van der Waals surface area contributed by atoms with Crippen molar-refractivity contribution in [3.8, 4) is 0 Å². The molecule has 112 valence electrons. The SMILES string of the molecule is CC(C)OCCS(=O)(=O)NCC(=O)NCCC(=O)O. The number of amides is 1. The molecule has 0 aromatic rings. The number of rotatable bonds is 10. The first-order chi connectivity index (χ1) is 8.73. The minimum absolute atomic E-state index is 0.0354. The molecule has 0 saturated carbocycles. The van der Waals surface area contributed by atoms with Crippen LogP contribution in [0.5, 0.6) is 0 Å². The molecular weight excluding hydrogens is 276 g/mol. The summed E-state index contributed by atoms with van der Waals surface area (Å²) in [6.45, 7) is 3.18. The molecule has 0 aliphatic rings. The summed E-state index contributed by atoms with van der Waals surface area (Å²) in [4.78, 5) is 21.4. The number of carbonyl (C=O) groups is 2. The van der Waals surface area contributed by atoms with Crippen LogP contribution in [0, 0.1) is 0 Å². The summed E-state index contributed by atoms with van der Waals surface area (Å²) in [5.74, 6) is -1.84. The van der Waals surface area contributed by atoms with Crippen LogP contribution in [0.1, 0.15) is 20.3 Å². The molecule has 1 amide bonds. The minimum Gasteiger partial charge on any atom is -0.481 e. The van der Waals surface area contributed by atoms with Gasteiger partial charge < -0.3 is 15.2 Å². The second kappa shape index (κ2) is 8.83. The van der Waals surface area contributed by atoms with Gasteiger partial charge in [-0.15, -0.1) is 0 Å². The molecular formula is C10H20N2O6S. The Morgan fingerprint density at radius 3 is 2.47 bits per heavy atom. The van der Waals surface area contributed by atoms with Crippen molar-refractivity contribution in [1.82, 2.24) is 10.0 Å². The molecule has 0 radical (unpaired) electrons. The van der Waals surface area contributed by atoms with Crippen LogP contribution >= 0.6 is 0 Å². The van der Waals surface area contributed by atoms with Crippen molar-refractivity contribution in [2.45, 2.75) is 26.4 Å². The summed E-state index contributed by atoms with van der Waals surface area (Å²) in [6, 6.07) is 0. The van der Waals surface area contributed by atoms with Crippen LogP contribution in [0.3, 0.4) is 0 Å². The van der Waals surface area contributed by atoms with Crippen molar-refractivity contribution >= 4 is 21.9 Å². The molecule has 0 aromatic carbocycles. The third-order valence-electron chi connectivity index (χ3n) is 1.92. The second-order valence-electron chi connectivity index (χ2n) is 4.05. The van der Waals surface area contributed by atoms with Crippen molar-refractivity contribution in [1.29, 1.82) is 0 Å². The summed E-state index contributed by atoms with van der Waals surface area (Å²) in [5.41, 5.74) is 0.